The SMILES string of the molecule is CC[C@H](C)N(C(=O)Cn1cnc2sc3c(c2c1=O)CCC3)[C@@H]1CCS(=O)(=O)C1. The van der Waals surface area contributed by atoms with Crippen LogP contribution >= 0.6 is 11.3 Å². The third-order valence-corrected chi connectivity index (χ3v) is 8.90. The number of aryl methyl sites for hydroxylation is 2. The minimum absolute atomic E-state index is 0.00724. The summed E-state index contributed by atoms with van der Waals surface area (Å²) in [5, 5.41) is 0.659. The number of nitrogens with zero attached hydrogens (tertiary/aromatic N) is 3. The molecule has 28 heavy (non-hydrogen) atoms. The van der Waals surface area contributed by atoms with Gasteiger partial charge >= 0.3 is 0 Å². The summed E-state index contributed by atoms with van der Waals surface area (Å²) < 4.78 is 25.2. The first kappa shape index (κ1) is 19.6. The molecule has 2 atom stereocenters. The van der Waals surface area contributed by atoms with E-state index < -0.39 is 9.84 Å². The van der Waals surface area contributed by atoms with Crippen LogP contribution in [-0.4, -0.2) is 52.4 Å². The van der Waals surface area contributed by atoms with Crippen molar-refractivity contribution in [2.45, 2.75) is 64.6 Å². The van der Waals surface area contributed by atoms with Crippen molar-refractivity contribution in [3.8, 4) is 0 Å². The highest BCUT2D eigenvalue weighted by Crippen LogP contribution is 2.34. The lowest BCUT2D eigenvalue weighted by Crippen LogP contribution is -2.48. The Kier molecular flexibility index (Phi) is 5.07. The summed E-state index contributed by atoms with van der Waals surface area (Å²) in [7, 11) is -3.10. The Balaban J connectivity index is 1.64. The highest BCUT2D eigenvalue weighted by atomic mass is 32.2. The van der Waals surface area contributed by atoms with Gasteiger partial charge in [0.1, 0.15) is 11.4 Å². The Morgan fingerprint density at radius 2 is 2.21 bits per heavy atom. The molecule has 0 aromatic carbocycles. The van der Waals surface area contributed by atoms with E-state index in [2.05, 4.69) is 4.98 Å². The molecule has 3 heterocycles. The molecule has 1 amide bonds. The molecule has 7 nitrogen and oxygen atoms in total. The van der Waals surface area contributed by atoms with Crippen molar-refractivity contribution in [2.24, 2.45) is 0 Å². The van der Waals surface area contributed by atoms with E-state index >= 15 is 0 Å². The number of amides is 1. The van der Waals surface area contributed by atoms with Gasteiger partial charge in [0.15, 0.2) is 9.84 Å². The lowest BCUT2D eigenvalue weighted by atomic mass is 10.1. The van der Waals surface area contributed by atoms with E-state index in [1.54, 1.807) is 16.2 Å². The summed E-state index contributed by atoms with van der Waals surface area (Å²) in [6.07, 6.45) is 5.59. The van der Waals surface area contributed by atoms with Crippen LogP contribution in [0.25, 0.3) is 10.2 Å². The predicted molar refractivity (Wildman–Crippen MR) is 110 cm³/mol. The van der Waals surface area contributed by atoms with Crippen LogP contribution in [0, 0.1) is 0 Å². The van der Waals surface area contributed by atoms with Crippen LogP contribution in [0.3, 0.4) is 0 Å². The third-order valence-electron chi connectivity index (χ3n) is 5.95. The van der Waals surface area contributed by atoms with Gasteiger partial charge < -0.3 is 4.90 Å². The number of fused-ring (bicyclic) bond motifs is 3. The Bertz CT molecular complexity index is 1090. The second kappa shape index (κ2) is 7.26. The van der Waals surface area contributed by atoms with Gasteiger partial charge in [-0.15, -0.1) is 11.3 Å². The molecule has 4 rings (SSSR count). The molecule has 2 aromatic heterocycles. The zero-order chi connectivity index (χ0) is 20.1. The molecule has 1 saturated heterocycles. The number of sulfone groups is 1. The lowest BCUT2D eigenvalue weighted by molar-refractivity contribution is -0.136. The van der Waals surface area contributed by atoms with E-state index in [0.29, 0.717) is 11.8 Å². The summed E-state index contributed by atoms with van der Waals surface area (Å²) in [6.45, 7) is 3.80. The number of carbonyl (C=O) groups is 1. The van der Waals surface area contributed by atoms with Crippen molar-refractivity contribution in [1.82, 2.24) is 14.5 Å². The van der Waals surface area contributed by atoms with Crippen molar-refractivity contribution in [3.05, 3.63) is 27.1 Å². The first-order chi connectivity index (χ1) is 13.3. The maximum atomic E-state index is 13.1. The molecule has 2 aromatic rings. The maximum absolute atomic E-state index is 13.1. The molecule has 0 spiro atoms. The molecule has 1 aliphatic heterocycles. The fourth-order valence-electron chi connectivity index (χ4n) is 4.36. The molecular weight excluding hydrogens is 398 g/mol. The summed E-state index contributed by atoms with van der Waals surface area (Å²) >= 11 is 1.58. The first-order valence-corrected chi connectivity index (χ1v) is 12.5. The Morgan fingerprint density at radius 1 is 1.43 bits per heavy atom. The highest BCUT2D eigenvalue weighted by Gasteiger charge is 2.36. The number of aromatic nitrogens is 2. The normalized spacial score (nSPS) is 21.7. The standard InChI is InChI=1S/C19H25N3O4S2/c1-3-12(2)22(13-7-8-28(25,26)10-13)16(23)9-21-11-20-18-17(19(21)24)14-5-4-6-15(14)27-18/h11-13H,3-10H2,1-2H3/t12-,13+/m0/s1. The van der Waals surface area contributed by atoms with Gasteiger partial charge in [-0.2, -0.15) is 0 Å². The van der Waals surface area contributed by atoms with Gasteiger partial charge in [0.05, 0.1) is 23.2 Å². The van der Waals surface area contributed by atoms with E-state index in [4.69, 9.17) is 0 Å². The zero-order valence-electron chi connectivity index (χ0n) is 16.2. The summed E-state index contributed by atoms with van der Waals surface area (Å²) in [5.74, 6) is -0.0914. The molecule has 0 N–H and O–H groups in total. The van der Waals surface area contributed by atoms with Crippen LogP contribution in [0.5, 0.6) is 0 Å². The van der Waals surface area contributed by atoms with Crippen LogP contribution in [0.1, 0.15) is 43.6 Å². The molecule has 152 valence electrons. The van der Waals surface area contributed by atoms with Crippen LogP contribution in [0.2, 0.25) is 0 Å². The van der Waals surface area contributed by atoms with Crippen LogP contribution in [-0.2, 0) is 34.0 Å². The minimum Gasteiger partial charge on any atom is -0.334 e. The van der Waals surface area contributed by atoms with Crippen LogP contribution in [0.4, 0.5) is 0 Å². The molecule has 0 radical (unpaired) electrons. The fourth-order valence-corrected chi connectivity index (χ4v) is 7.29. The summed E-state index contributed by atoms with van der Waals surface area (Å²) in [4.78, 5) is 34.2. The van der Waals surface area contributed by atoms with Gasteiger partial charge in [0, 0.05) is 17.0 Å². The van der Waals surface area contributed by atoms with Crippen molar-refractivity contribution < 1.29 is 13.2 Å². The second-order valence-corrected chi connectivity index (χ2v) is 11.1. The summed E-state index contributed by atoms with van der Waals surface area (Å²) in [6, 6.07) is -0.395. The highest BCUT2D eigenvalue weighted by molar-refractivity contribution is 7.91. The molecular formula is C19H25N3O4S2. The topological polar surface area (TPSA) is 89.3 Å². The Morgan fingerprint density at radius 3 is 2.89 bits per heavy atom. The third kappa shape index (κ3) is 3.39. The average Bonchev–Trinajstić information content (AvgIpc) is 3.31. The first-order valence-electron chi connectivity index (χ1n) is 9.82. The lowest BCUT2D eigenvalue weighted by Gasteiger charge is -2.33. The van der Waals surface area contributed by atoms with E-state index in [-0.39, 0.29) is 41.6 Å². The van der Waals surface area contributed by atoms with Gasteiger partial charge in [-0.1, -0.05) is 6.92 Å². The predicted octanol–water partition coefficient (Wildman–Crippen LogP) is 1.76. The molecule has 9 heteroatoms. The van der Waals surface area contributed by atoms with Crippen molar-refractivity contribution >= 4 is 37.3 Å². The quantitative estimate of drug-likeness (QED) is 0.731. The van der Waals surface area contributed by atoms with Gasteiger partial charge in [0.25, 0.3) is 5.56 Å². The van der Waals surface area contributed by atoms with Crippen molar-refractivity contribution in [1.29, 1.82) is 0 Å². The summed E-state index contributed by atoms with van der Waals surface area (Å²) in [5.41, 5.74) is 0.931. The minimum atomic E-state index is -3.10. The van der Waals surface area contributed by atoms with Gasteiger partial charge in [-0.05, 0) is 44.6 Å². The molecule has 1 fully saturated rings. The molecule has 1 aliphatic carbocycles. The van der Waals surface area contributed by atoms with Crippen LogP contribution in [0.15, 0.2) is 11.1 Å². The van der Waals surface area contributed by atoms with E-state index in [0.717, 1.165) is 36.1 Å². The van der Waals surface area contributed by atoms with E-state index in [1.807, 2.05) is 13.8 Å². The maximum Gasteiger partial charge on any atom is 0.262 e. The smallest absolute Gasteiger partial charge is 0.262 e. The number of hydrogen-bond donors (Lipinski definition) is 0. The number of rotatable bonds is 5. The molecule has 2 aliphatic rings. The van der Waals surface area contributed by atoms with Crippen LogP contribution < -0.4 is 5.56 Å². The zero-order valence-corrected chi connectivity index (χ0v) is 17.8. The molecule has 0 saturated carbocycles. The number of carbonyl (C=O) groups excluding carboxylic acids is 1. The average molecular weight is 424 g/mol. The van der Waals surface area contributed by atoms with E-state index in [1.165, 1.54) is 15.8 Å². The molecule has 0 unspecified atom stereocenters. The second-order valence-electron chi connectivity index (χ2n) is 7.83. The number of hydrogen-bond acceptors (Lipinski definition) is 6. The fraction of sp³-hybridized carbons (Fsp3) is 0.632. The Hall–Kier alpha value is -1.74. The monoisotopic (exact) mass is 423 g/mol. The number of thiophene rings is 1. The molecule has 0 bridgehead atoms. The van der Waals surface area contributed by atoms with Gasteiger partial charge in [0.2, 0.25) is 5.91 Å². The Labute approximate surface area is 168 Å². The van der Waals surface area contributed by atoms with Gasteiger partial charge in [-0.3, -0.25) is 14.2 Å². The largest absolute Gasteiger partial charge is 0.334 e. The van der Waals surface area contributed by atoms with Gasteiger partial charge in [-0.25, -0.2) is 13.4 Å². The van der Waals surface area contributed by atoms with E-state index in [9.17, 15) is 18.0 Å². The van der Waals surface area contributed by atoms with Crippen molar-refractivity contribution in [3.63, 3.8) is 0 Å². The van der Waals surface area contributed by atoms with Crippen molar-refractivity contribution in [2.75, 3.05) is 11.5 Å².